The molecule has 0 radical (unpaired) electrons. The zero-order valence-corrected chi connectivity index (χ0v) is 7.48. The fraction of sp³-hybridized carbons (Fsp3) is 1.00. The molecule has 2 N–H and O–H groups in total. The Bertz CT molecular complexity index is 156. The molecule has 1 aliphatic rings. The maximum absolute atomic E-state index is 11.8. The lowest BCUT2D eigenvalue weighted by Crippen LogP contribution is -2.51. The minimum absolute atomic E-state index is 0.194. The zero-order valence-electron chi connectivity index (χ0n) is 7.48. The lowest BCUT2D eigenvalue weighted by Gasteiger charge is -2.40. The maximum Gasteiger partial charge on any atom is 0.389 e. The van der Waals surface area contributed by atoms with Crippen molar-refractivity contribution in [2.24, 2.45) is 5.73 Å². The number of nitrogens with zero attached hydrogens (tertiary/aromatic N) is 1. The third kappa shape index (κ3) is 3.52. The summed E-state index contributed by atoms with van der Waals surface area (Å²) in [7, 11) is 0. The van der Waals surface area contributed by atoms with Crippen LogP contribution in [-0.2, 0) is 0 Å². The Hall–Kier alpha value is -0.290. The first-order valence-corrected chi connectivity index (χ1v) is 4.54. The van der Waals surface area contributed by atoms with Crippen LogP contribution in [0.15, 0.2) is 0 Å². The number of halogens is 3. The molecule has 1 fully saturated rings. The van der Waals surface area contributed by atoms with Gasteiger partial charge in [0.15, 0.2) is 0 Å². The van der Waals surface area contributed by atoms with E-state index in [2.05, 4.69) is 0 Å². The van der Waals surface area contributed by atoms with Crippen molar-refractivity contribution in [1.82, 2.24) is 4.90 Å². The van der Waals surface area contributed by atoms with Crippen LogP contribution in [0, 0.1) is 0 Å². The molecule has 1 heterocycles. The average molecular weight is 196 g/mol. The third-order valence-electron chi connectivity index (χ3n) is 2.44. The average Bonchev–Trinajstić information content (AvgIpc) is 1.95. The molecule has 0 amide bonds. The minimum atomic E-state index is -4.01. The summed E-state index contributed by atoms with van der Waals surface area (Å²) < 4.78 is 35.3. The van der Waals surface area contributed by atoms with Crippen LogP contribution >= 0.6 is 0 Å². The fourth-order valence-electron chi connectivity index (χ4n) is 1.54. The highest BCUT2D eigenvalue weighted by molar-refractivity contribution is 4.82. The summed E-state index contributed by atoms with van der Waals surface area (Å²) in [6.45, 7) is 1.99. The molecule has 0 bridgehead atoms. The van der Waals surface area contributed by atoms with Gasteiger partial charge >= 0.3 is 6.18 Å². The lowest BCUT2D eigenvalue weighted by atomic mass is 10.0. The molecule has 13 heavy (non-hydrogen) atoms. The van der Waals surface area contributed by atoms with Crippen LogP contribution < -0.4 is 5.73 Å². The Labute approximate surface area is 75.9 Å². The molecule has 0 aromatic heterocycles. The molecule has 1 unspecified atom stereocenters. The Morgan fingerprint density at radius 2 is 2.08 bits per heavy atom. The highest BCUT2D eigenvalue weighted by Crippen LogP contribution is 2.23. The van der Waals surface area contributed by atoms with E-state index in [4.69, 9.17) is 5.73 Å². The van der Waals surface area contributed by atoms with Gasteiger partial charge in [0.25, 0.3) is 0 Å². The van der Waals surface area contributed by atoms with E-state index in [1.807, 2.05) is 4.90 Å². The van der Waals surface area contributed by atoms with Crippen LogP contribution in [0.1, 0.15) is 19.3 Å². The van der Waals surface area contributed by atoms with E-state index >= 15 is 0 Å². The Morgan fingerprint density at radius 3 is 2.46 bits per heavy atom. The van der Waals surface area contributed by atoms with E-state index in [0.29, 0.717) is 19.1 Å². The predicted molar refractivity (Wildman–Crippen MR) is 44.3 cm³/mol. The zero-order chi connectivity index (χ0) is 9.90. The first-order chi connectivity index (χ1) is 6.03. The van der Waals surface area contributed by atoms with Crippen molar-refractivity contribution >= 4 is 0 Å². The summed E-state index contributed by atoms with van der Waals surface area (Å²) in [5.41, 5.74) is 5.42. The monoisotopic (exact) mass is 196 g/mol. The minimum Gasteiger partial charge on any atom is -0.329 e. The lowest BCUT2D eigenvalue weighted by molar-refractivity contribution is -0.137. The van der Waals surface area contributed by atoms with Crippen molar-refractivity contribution in [3.63, 3.8) is 0 Å². The Morgan fingerprint density at radius 1 is 1.38 bits per heavy atom. The van der Waals surface area contributed by atoms with E-state index < -0.39 is 12.6 Å². The van der Waals surface area contributed by atoms with Gasteiger partial charge < -0.3 is 5.73 Å². The summed E-state index contributed by atoms with van der Waals surface area (Å²) in [6, 6.07) is 0.327. The van der Waals surface area contributed by atoms with Gasteiger partial charge in [-0.25, -0.2) is 0 Å². The maximum atomic E-state index is 11.8. The first-order valence-electron chi connectivity index (χ1n) is 4.54. The van der Waals surface area contributed by atoms with Gasteiger partial charge in [0, 0.05) is 25.6 Å². The highest BCUT2D eigenvalue weighted by atomic mass is 19.4. The van der Waals surface area contributed by atoms with Gasteiger partial charge in [-0.1, -0.05) is 0 Å². The molecule has 78 valence electrons. The summed E-state index contributed by atoms with van der Waals surface area (Å²) in [6.07, 6.45) is -3.47. The quantitative estimate of drug-likeness (QED) is 0.735. The van der Waals surface area contributed by atoms with E-state index in [0.717, 1.165) is 13.0 Å². The molecule has 1 saturated heterocycles. The van der Waals surface area contributed by atoms with Gasteiger partial charge in [0.05, 0.1) is 0 Å². The standard InChI is InChI=1S/C8H15F3N2/c9-8(10,11)3-1-4-13-5-2-7(13)6-12/h7H,1-6,12H2. The molecule has 5 heteroatoms. The highest BCUT2D eigenvalue weighted by Gasteiger charge is 2.29. The number of hydrogen-bond donors (Lipinski definition) is 1. The van der Waals surface area contributed by atoms with Gasteiger partial charge in [0.1, 0.15) is 0 Å². The van der Waals surface area contributed by atoms with Crippen LogP contribution in [0.4, 0.5) is 13.2 Å². The summed E-state index contributed by atoms with van der Waals surface area (Å²) in [5.74, 6) is 0. The normalized spacial score (nSPS) is 24.5. The van der Waals surface area contributed by atoms with Crippen molar-refractivity contribution in [3.8, 4) is 0 Å². The second-order valence-corrected chi connectivity index (χ2v) is 3.43. The van der Waals surface area contributed by atoms with Crippen molar-refractivity contribution in [2.45, 2.75) is 31.5 Å². The molecule has 2 nitrogen and oxygen atoms in total. The first kappa shape index (κ1) is 10.8. The molecule has 0 saturated carbocycles. The predicted octanol–water partition coefficient (Wildman–Crippen LogP) is 1.36. The molecule has 0 aromatic rings. The molecule has 1 aliphatic heterocycles. The number of likely N-dealkylation sites (tertiary alicyclic amines) is 1. The molecule has 0 aliphatic carbocycles. The van der Waals surface area contributed by atoms with E-state index in [-0.39, 0.29) is 6.42 Å². The summed E-state index contributed by atoms with van der Waals surface area (Å²) in [4.78, 5) is 2.02. The Kier molecular flexibility index (Phi) is 3.55. The number of nitrogens with two attached hydrogens (primary N) is 1. The molecule has 0 spiro atoms. The van der Waals surface area contributed by atoms with Crippen LogP contribution in [0.25, 0.3) is 0 Å². The summed E-state index contributed by atoms with van der Waals surface area (Å²) >= 11 is 0. The van der Waals surface area contributed by atoms with Crippen LogP contribution in [0.2, 0.25) is 0 Å². The van der Waals surface area contributed by atoms with Gasteiger partial charge in [-0.15, -0.1) is 0 Å². The smallest absolute Gasteiger partial charge is 0.329 e. The van der Waals surface area contributed by atoms with Crippen LogP contribution in [0.5, 0.6) is 0 Å². The van der Waals surface area contributed by atoms with Crippen LogP contribution in [0.3, 0.4) is 0 Å². The van der Waals surface area contributed by atoms with Gasteiger partial charge in [-0.3, -0.25) is 4.90 Å². The molecule has 1 atom stereocenters. The SMILES string of the molecule is NCC1CCN1CCCC(F)(F)F. The summed E-state index contributed by atoms with van der Waals surface area (Å²) in [5, 5.41) is 0. The molecular formula is C8H15F3N2. The second kappa shape index (κ2) is 4.28. The third-order valence-corrected chi connectivity index (χ3v) is 2.44. The fourth-order valence-corrected chi connectivity index (χ4v) is 1.54. The van der Waals surface area contributed by atoms with Crippen molar-refractivity contribution in [2.75, 3.05) is 19.6 Å². The van der Waals surface area contributed by atoms with Gasteiger partial charge in [-0.2, -0.15) is 13.2 Å². The number of rotatable bonds is 4. The number of hydrogen-bond acceptors (Lipinski definition) is 2. The molecule has 1 rings (SSSR count). The number of alkyl halides is 3. The van der Waals surface area contributed by atoms with E-state index in [9.17, 15) is 13.2 Å². The van der Waals surface area contributed by atoms with Gasteiger partial charge in [0.2, 0.25) is 0 Å². The van der Waals surface area contributed by atoms with Gasteiger partial charge in [-0.05, 0) is 19.4 Å². The Balaban J connectivity index is 2.06. The topological polar surface area (TPSA) is 29.3 Å². The van der Waals surface area contributed by atoms with Crippen molar-refractivity contribution < 1.29 is 13.2 Å². The van der Waals surface area contributed by atoms with Crippen molar-refractivity contribution in [3.05, 3.63) is 0 Å². The largest absolute Gasteiger partial charge is 0.389 e. The molecular weight excluding hydrogens is 181 g/mol. The second-order valence-electron chi connectivity index (χ2n) is 3.43. The van der Waals surface area contributed by atoms with Crippen molar-refractivity contribution in [1.29, 1.82) is 0 Å². The molecule has 0 aromatic carbocycles. The van der Waals surface area contributed by atoms with E-state index in [1.165, 1.54) is 0 Å². The van der Waals surface area contributed by atoms with E-state index in [1.54, 1.807) is 0 Å². The van der Waals surface area contributed by atoms with Crippen LogP contribution in [-0.4, -0.2) is 36.8 Å².